The second-order valence-corrected chi connectivity index (χ2v) is 7.75. The number of aliphatic hydroxyl groups is 3. The van der Waals surface area contributed by atoms with Crippen molar-refractivity contribution in [2.24, 2.45) is 0 Å². The Bertz CT molecular complexity index is 357. The molecular weight excluding hydrogens is 473 g/mol. The van der Waals surface area contributed by atoms with Gasteiger partial charge in [-0.2, -0.15) is 38.5 Å². The van der Waals surface area contributed by atoms with Crippen LogP contribution in [-0.4, -0.2) is 55.5 Å². The van der Waals surface area contributed by atoms with Crippen molar-refractivity contribution in [2.45, 2.75) is 51.6 Å². The molecule has 27 heavy (non-hydrogen) atoms. The van der Waals surface area contributed by atoms with E-state index >= 15 is 0 Å². The summed E-state index contributed by atoms with van der Waals surface area (Å²) in [5.41, 5.74) is 0. The Hall–Kier alpha value is -0.0900. The van der Waals surface area contributed by atoms with Gasteiger partial charge in [-0.05, 0) is 19.3 Å². The van der Waals surface area contributed by atoms with Gasteiger partial charge in [0.05, 0.1) is 0 Å². The normalized spacial score (nSPS) is 10.4. The Balaban J connectivity index is -0.000000169. The molecule has 0 heterocycles. The van der Waals surface area contributed by atoms with E-state index in [1.54, 1.807) is 0 Å². The quantitative estimate of drug-likeness (QED) is 0.337. The summed E-state index contributed by atoms with van der Waals surface area (Å²) in [7, 11) is -4.92. The van der Waals surface area contributed by atoms with Gasteiger partial charge in [0.15, 0.2) is 0 Å². The zero-order chi connectivity index (χ0) is 21.2. The van der Waals surface area contributed by atoms with Crippen molar-refractivity contribution < 1.29 is 67.9 Å². The van der Waals surface area contributed by atoms with E-state index in [-0.39, 0.29) is 26.2 Å². The zero-order valence-corrected chi connectivity index (χ0v) is 19.4. The van der Waals surface area contributed by atoms with Crippen molar-refractivity contribution in [3.8, 4) is 0 Å². The fraction of sp³-hybridized carbons (Fsp3) is 0.688. The molecule has 0 saturated carbocycles. The first-order valence-corrected chi connectivity index (χ1v) is 9.88. The molecule has 1 rings (SSSR count). The molecule has 0 aliphatic rings. The van der Waals surface area contributed by atoms with Gasteiger partial charge in [0.1, 0.15) is 0 Å². The summed E-state index contributed by atoms with van der Waals surface area (Å²) in [6.07, 6.45) is 2.62. The van der Waals surface area contributed by atoms with Crippen LogP contribution in [0.15, 0.2) is 24.3 Å². The molecule has 0 bridgehead atoms. The van der Waals surface area contributed by atoms with E-state index < -0.39 is 25.6 Å². The van der Waals surface area contributed by atoms with Gasteiger partial charge in [-0.3, -0.25) is 0 Å². The molecule has 0 fully saturated rings. The second-order valence-electron chi connectivity index (χ2n) is 4.91. The number of hydrogen-bond donors (Lipinski definition) is 3. The maximum atomic E-state index is 12.1. The van der Waals surface area contributed by atoms with E-state index in [0.717, 1.165) is 31.4 Å². The van der Waals surface area contributed by atoms with Crippen molar-refractivity contribution in [1.29, 1.82) is 0 Å². The van der Waals surface area contributed by atoms with Crippen molar-refractivity contribution in [1.82, 2.24) is 0 Å². The van der Waals surface area contributed by atoms with E-state index in [4.69, 9.17) is 15.3 Å². The Morgan fingerprint density at radius 2 is 0.926 bits per heavy atom. The number of hydrogen-bond acceptors (Lipinski definition) is 3. The topological polar surface area (TPSA) is 60.7 Å². The van der Waals surface area contributed by atoms with Crippen LogP contribution in [0.3, 0.4) is 0 Å². The van der Waals surface area contributed by atoms with Crippen LogP contribution in [0.4, 0.5) is 26.3 Å². The van der Waals surface area contributed by atoms with Crippen LogP contribution < -0.4 is 5.19 Å². The van der Waals surface area contributed by atoms with E-state index in [0.29, 0.717) is 19.8 Å². The van der Waals surface area contributed by atoms with Crippen molar-refractivity contribution in [3.05, 3.63) is 24.3 Å². The summed E-state index contributed by atoms with van der Waals surface area (Å²) in [5.74, 6) is -10.3. The van der Waals surface area contributed by atoms with Crippen LogP contribution in [0, 0.1) is 0 Å². The summed E-state index contributed by atoms with van der Waals surface area (Å²) < 4.78 is 72.7. The van der Waals surface area contributed by atoms with Crippen LogP contribution in [-0.2, 0) is 26.2 Å². The monoisotopic (exact) mass is 501 g/mol. The molecule has 0 unspecified atom stereocenters. The van der Waals surface area contributed by atoms with E-state index in [1.807, 2.05) is 20.8 Å². The van der Waals surface area contributed by atoms with Crippen LogP contribution in [0.25, 0.3) is 0 Å². The van der Waals surface area contributed by atoms with Crippen LogP contribution in [0.2, 0.25) is 0 Å². The van der Waals surface area contributed by atoms with Crippen LogP contribution in [0.5, 0.6) is 0 Å². The first-order chi connectivity index (χ1) is 12.0. The maximum absolute atomic E-state index is 12.1. The molecule has 3 nitrogen and oxygen atoms in total. The summed E-state index contributed by atoms with van der Waals surface area (Å²) in [5, 5.41) is 23.0. The molecule has 0 aliphatic heterocycles. The first kappa shape index (κ1) is 34.4. The molecule has 0 radical (unpaired) electrons. The van der Waals surface area contributed by atoms with Crippen molar-refractivity contribution in [3.63, 3.8) is 0 Å². The SMILES string of the molecule is CCCO.CCCO.CCCO.FC(F)(F)[SiH]([c-]1cccc1)C(F)(F)F.[Zr]. The van der Waals surface area contributed by atoms with E-state index in [2.05, 4.69) is 0 Å². The molecule has 1 aromatic carbocycles. The Morgan fingerprint density at radius 1 is 0.704 bits per heavy atom. The largest absolute Gasteiger partial charge is 0.396 e. The molecule has 0 spiro atoms. The third kappa shape index (κ3) is 22.1. The standard InChI is InChI=1S/C7H5F6Si.3C3H8O.Zr/c8-6(9,10)14(7(11,12)13)5-3-1-2-4-5;3*1-2-3-4;/h1-4,14H;3*4H,2-3H2,1H3;/q-1;;;;. The van der Waals surface area contributed by atoms with Gasteiger partial charge in [-0.1, -0.05) is 20.8 Å². The van der Waals surface area contributed by atoms with E-state index in [9.17, 15) is 26.3 Å². The minimum absolute atomic E-state index is 0. The first-order valence-electron chi connectivity index (χ1n) is 8.15. The molecule has 3 N–H and O–H groups in total. The molecule has 162 valence electrons. The average molecular weight is 503 g/mol. The fourth-order valence-electron chi connectivity index (χ4n) is 1.14. The number of rotatable bonds is 4. The number of aliphatic hydroxyl groups excluding tert-OH is 3. The van der Waals surface area contributed by atoms with Gasteiger partial charge in [-0.15, -0.1) is 5.19 Å². The minimum atomic E-state index is -5.16. The fourth-order valence-corrected chi connectivity index (χ4v) is 2.88. The Labute approximate surface area is 177 Å². The van der Waals surface area contributed by atoms with Gasteiger partial charge < -0.3 is 15.3 Å². The maximum Gasteiger partial charge on any atom is 0.361 e. The molecule has 0 aliphatic carbocycles. The van der Waals surface area contributed by atoms with Gasteiger partial charge in [0, 0.05) is 46.0 Å². The number of alkyl halides is 6. The molecular formula is C16H29F6O3SiZr-. The second kappa shape index (κ2) is 20.6. The van der Waals surface area contributed by atoms with Gasteiger partial charge in [0.25, 0.3) is 8.80 Å². The molecule has 1 aromatic rings. The average Bonchev–Trinajstić information content (AvgIpc) is 3.06. The molecule has 0 saturated heterocycles. The van der Waals surface area contributed by atoms with Crippen molar-refractivity contribution in [2.75, 3.05) is 19.8 Å². The van der Waals surface area contributed by atoms with Crippen molar-refractivity contribution >= 4 is 14.0 Å². The summed E-state index contributed by atoms with van der Waals surface area (Å²) in [4.78, 5) is 0. The van der Waals surface area contributed by atoms with Gasteiger partial charge >= 0.3 is 11.6 Å². The zero-order valence-electron chi connectivity index (χ0n) is 15.7. The predicted molar refractivity (Wildman–Crippen MR) is 93.1 cm³/mol. The third-order valence-corrected chi connectivity index (χ3v) is 4.71. The molecule has 0 atom stereocenters. The minimum Gasteiger partial charge on any atom is -0.396 e. The predicted octanol–water partition coefficient (Wildman–Crippen LogP) is 3.21. The summed E-state index contributed by atoms with van der Waals surface area (Å²) in [6, 6.07) is 4.09. The van der Waals surface area contributed by atoms with Gasteiger partial charge in [0.2, 0.25) is 0 Å². The number of halogens is 6. The third-order valence-electron chi connectivity index (χ3n) is 2.35. The van der Waals surface area contributed by atoms with Gasteiger partial charge in [-0.25, -0.2) is 12.1 Å². The molecule has 11 heteroatoms. The Kier molecular flexibility index (Phi) is 26.3. The molecule has 0 amide bonds. The summed E-state index contributed by atoms with van der Waals surface area (Å²) >= 11 is 0. The Morgan fingerprint density at radius 3 is 1.07 bits per heavy atom. The van der Waals surface area contributed by atoms with Crippen LogP contribution in [0.1, 0.15) is 40.0 Å². The van der Waals surface area contributed by atoms with E-state index in [1.165, 1.54) is 12.1 Å². The smallest absolute Gasteiger partial charge is 0.361 e. The van der Waals surface area contributed by atoms with Crippen LogP contribution >= 0.6 is 0 Å². The molecule has 0 aromatic heterocycles. The summed E-state index contributed by atoms with van der Waals surface area (Å²) in [6.45, 7) is 6.75.